The van der Waals surface area contributed by atoms with Crippen molar-refractivity contribution in [2.24, 2.45) is 4.99 Å². The molecule has 138 valence electrons. The van der Waals surface area contributed by atoms with Gasteiger partial charge in [0.05, 0.1) is 0 Å². The van der Waals surface area contributed by atoms with Crippen molar-refractivity contribution in [3.8, 4) is 0 Å². The molecular formula is C18H26FIN4S. The Balaban J connectivity index is 0.00000312. The van der Waals surface area contributed by atoms with Gasteiger partial charge >= 0.3 is 0 Å². The maximum atomic E-state index is 12.9. The van der Waals surface area contributed by atoms with Gasteiger partial charge in [0.15, 0.2) is 5.96 Å². The molecule has 0 saturated carbocycles. The molecule has 0 unspecified atom stereocenters. The zero-order valence-electron chi connectivity index (χ0n) is 14.7. The summed E-state index contributed by atoms with van der Waals surface area (Å²) >= 11 is 1.78. The van der Waals surface area contributed by atoms with Crippen LogP contribution in [0.15, 0.2) is 46.8 Å². The van der Waals surface area contributed by atoms with E-state index >= 15 is 0 Å². The number of rotatable bonds is 8. The molecule has 1 heterocycles. The van der Waals surface area contributed by atoms with E-state index < -0.39 is 0 Å². The lowest BCUT2D eigenvalue weighted by molar-refractivity contribution is 0.331. The van der Waals surface area contributed by atoms with Gasteiger partial charge < -0.3 is 15.5 Å². The molecule has 2 N–H and O–H groups in total. The van der Waals surface area contributed by atoms with Gasteiger partial charge in [0, 0.05) is 38.1 Å². The zero-order valence-corrected chi connectivity index (χ0v) is 17.8. The van der Waals surface area contributed by atoms with E-state index in [2.05, 4.69) is 45.1 Å². The van der Waals surface area contributed by atoms with Crippen LogP contribution in [0.2, 0.25) is 0 Å². The minimum atomic E-state index is -0.194. The van der Waals surface area contributed by atoms with Crippen LogP contribution in [0.25, 0.3) is 0 Å². The van der Waals surface area contributed by atoms with Gasteiger partial charge in [0.2, 0.25) is 0 Å². The van der Waals surface area contributed by atoms with Crippen LogP contribution in [-0.4, -0.2) is 44.6 Å². The smallest absolute Gasteiger partial charge is 0.191 e. The molecule has 2 rings (SSSR count). The molecule has 0 aliphatic carbocycles. The molecule has 0 spiro atoms. The molecule has 7 heteroatoms. The number of nitrogens with one attached hydrogen (secondary N) is 2. The van der Waals surface area contributed by atoms with Crippen molar-refractivity contribution >= 4 is 41.3 Å². The SMILES string of the molecule is CN=C(NCCc1cccs1)NCCN(C)Cc1ccc(F)cc1.I. The Kier molecular flexibility index (Phi) is 10.7. The summed E-state index contributed by atoms with van der Waals surface area (Å²) in [4.78, 5) is 7.80. The molecule has 0 atom stereocenters. The van der Waals surface area contributed by atoms with Crippen molar-refractivity contribution < 1.29 is 4.39 Å². The van der Waals surface area contributed by atoms with E-state index in [1.165, 1.54) is 17.0 Å². The predicted octanol–water partition coefficient (Wildman–Crippen LogP) is 3.34. The van der Waals surface area contributed by atoms with Crippen molar-refractivity contribution in [1.29, 1.82) is 0 Å². The Morgan fingerprint density at radius 2 is 1.88 bits per heavy atom. The van der Waals surface area contributed by atoms with Crippen molar-refractivity contribution in [3.63, 3.8) is 0 Å². The molecule has 4 nitrogen and oxygen atoms in total. The fourth-order valence-corrected chi connectivity index (χ4v) is 3.03. The number of guanidine groups is 1. The largest absolute Gasteiger partial charge is 0.356 e. The number of thiophene rings is 1. The first-order valence-electron chi connectivity index (χ1n) is 8.07. The number of halogens is 2. The van der Waals surface area contributed by atoms with Gasteiger partial charge in [-0.05, 0) is 42.6 Å². The normalized spacial score (nSPS) is 11.3. The summed E-state index contributed by atoms with van der Waals surface area (Å²) in [5.74, 6) is 0.627. The van der Waals surface area contributed by atoms with E-state index in [0.29, 0.717) is 0 Å². The Morgan fingerprint density at radius 1 is 1.16 bits per heavy atom. The second-order valence-electron chi connectivity index (χ2n) is 5.62. The van der Waals surface area contributed by atoms with Gasteiger partial charge in [-0.15, -0.1) is 35.3 Å². The molecule has 0 saturated heterocycles. The van der Waals surface area contributed by atoms with Crippen LogP contribution in [0.4, 0.5) is 4.39 Å². The van der Waals surface area contributed by atoms with E-state index in [1.807, 2.05) is 12.1 Å². The highest BCUT2D eigenvalue weighted by Crippen LogP contribution is 2.08. The summed E-state index contributed by atoms with van der Waals surface area (Å²) < 4.78 is 12.9. The minimum absolute atomic E-state index is 0. The lowest BCUT2D eigenvalue weighted by Gasteiger charge is -2.18. The molecule has 0 aliphatic rings. The summed E-state index contributed by atoms with van der Waals surface area (Å²) in [6.07, 6.45) is 1.00. The highest BCUT2D eigenvalue weighted by atomic mass is 127. The Bertz CT molecular complexity index is 617. The first kappa shape index (κ1) is 21.9. The van der Waals surface area contributed by atoms with E-state index in [9.17, 15) is 4.39 Å². The quantitative estimate of drug-likeness (QED) is 0.349. The second-order valence-corrected chi connectivity index (χ2v) is 6.65. The summed E-state index contributed by atoms with van der Waals surface area (Å²) in [6.45, 7) is 3.34. The Labute approximate surface area is 170 Å². The molecule has 0 fully saturated rings. The lowest BCUT2D eigenvalue weighted by atomic mass is 10.2. The van der Waals surface area contributed by atoms with Crippen LogP contribution in [-0.2, 0) is 13.0 Å². The summed E-state index contributed by atoms with van der Waals surface area (Å²) in [5.41, 5.74) is 1.11. The first-order chi connectivity index (χ1) is 11.7. The predicted molar refractivity (Wildman–Crippen MR) is 116 cm³/mol. The highest BCUT2D eigenvalue weighted by Gasteiger charge is 2.02. The van der Waals surface area contributed by atoms with Crippen molar-refractivity contribution in [3.05, 3.63) is 58.0 Å². The standard InChI is InChI=1S/C18H25FN4S.HI/c1-20-18(21-10-9-17-4-3-13-24-17)22-11-12-23(2)14-15-5-7-16(19)8-6-15;/h3-8,13H,9-12,14H2,1-2H3,(H2,20,21,22);1H. The molecular weight excluding hydrogens is 450 g/mol. The van der Waals surface area contributed by atoms with Gasteiger partial charge in [0.25, 0.3) is 0 Å². The topological polar surface area (TPSA) is 39.7 Å². The number of benzene rings is 1. The van der Waals surface area contributed by atoms with Crippen molar-refractivity contribution in [2.45, 2.75) is 13.0 Å². The van der Waals surface area contributed by atoms with E-state index in [0.717, 1.165) is 44.1 Å². The minimum Gasteiger partial charge on any atom is -0.356 e. The average Bonchev–Trinajstić information content (AvgIpc) is 3.09. The van der Waals surface area contributed by atoms with E-state index in [4.69, 9.17) is 0 Å². The zero-order chi connectivity index (χ0) is 17.2. The second kappa shape index (κ2) is 12.2. The monoisotopic (exact) mass is 476 g/mol. The van der Waals surface area contributed by atoms with Crippen LogP contribution in [0.1, 0.15) is 10.4 Å². The van der Waals surface area contributed by atoms with Crippen LogP contribution in [0.5, 0.6) is 0 Å². The average molecular weight is 476 g/mol. The van der Waals surface area contributed by atoms with E-state index in [1.54, 1.807) is 18.4 Å². The molecule has 1 aromatic carbocycles. The third-order valence-electron chi connectivity index (χ3n) is 3.62. The number of likely N-dealkylation sites (N-methyl/N-ethyl adjacent to an activating group) is 1. The maximum Gasteiger partial charge on any atom is 0.191 e. The highest BCUT2D eigenvalue weighted by molar-refractivity contribution is 14.0. The number of aliphatic imine (C=N–C) groups is 1. The van der Waals surface area contributed by atoms with Crippen molar-refractivity contribution in [2.75, 3.05) is 33.7 Å². The maximum absolute atomic E-state index is 12.9. The van der Waals surface area contributed by atoms with E-state index in [-0.39, 0.29) is 29.8 Å². The summed E-state index contributed by atoms with van der Waals surface area (Å²) in [6, 6.07) is 10.9. The van der Waals surface area contributed by atoms with Gasteiger partial charge in [-0.1, -0.05) is 18.2 Å². The summed E-state index contributed by atoms with van der Waals surface area (Å²) in [5, 5.41) is 8.74. The van der Waals surface area contributed by atoms with Gasteiger partial charge in [-0.25, -0.2) is 4.39 Å². The fourth-order valence-electron chi connectivity index (χ4n) is 2.33. The molecule has 0 bridgehead atoms. The van der Waals surface area contributed by atoms with Gasteiger partial charge in [0.1, 0.15) is 5.82 Å². The molecule has 1 aromatic heterocycles. The Hall–Kier alpha value is -1.19. The Morgan fingerprint density at radius 3 is 2.52 bits per heavy atom. The fraction of sp³-hybridized carbons (Fsp3) is 0.389. The lowest BCUT2D eigenvalue weighted by Crippen LogP contribution is -2.41. The summed E-state index contributed by atoms with van der Waals surface area (Å²) in [7, 11) is 3.83. The van der Waals surface area contributed by atoms with Gasteiger partial charge in [-0.3, -0.25) is 4.99 Å². The van der Waals surface area contributed by atoms with Crippen LogP contribution in [0, 0.1) is 5.82 Å². The molecule has 0 aliphatic heterocycles. The van der Waals surface area contributed by atoms with Gasteiger partial charge in [-0.2, -0.15) is 0 Å². The third kappa shape index (κ3) is 8.64. The van der Waals surface area contributed by atoms with Crippen LogP contribution >= 0.6 is 35.3 Å². The molecule has 25 heavy (non-hydrogen) atoms. The third-order valence-corrected chi connectivity index (χ3v) is 4.56. The van der Waals surface area contributed by atoms with Crippen LogP contribution < -0.4 is 10.6 Å². The molecule has 0 radical (unpaired) electrons. The van der Waals surface area contributed by atoms with Crippen molar-refractivity contribution in [1.82, 2.24) is 15.5 Å². The number of hydrogen-bond donors (Lipinski definition) is 2. The molecule has 0 amide bonds. The first-order valence-corrected chi connectivity index (χ1v) is 8.95. The van der Waals surface area contributed by atoms with Crippen LogP contribution in [0.3, 0.4) is 0 Å². The number of nitrogens with zero attached hydrogens (tertiary/aromatic N) is 2. The number of hydrogen-bond acceptors (Lipinski definition) is 3. The molecule has 2 aromatic rings.